The van der Waals surface area contributed by atoms with Crippen LogP contribution in [0.5, 0.6) is 5.75 Å². The molecule has 2 aromatic heterocycles. The number of para-hydroxylation sites is 2. The molecule has 8 heteroatoms. The number of benzene rings is 2. The Balaban J connectivity index is 1.71. The summed E-state index contributed by atoms with van der Waals surface area (Å²) in [6, 6.07) is 19.6. The Morgan fingerprint density at radius 3 is 2.56 bits per heavy atom. The molecule has 34 heavy (non-hydrogen) atoms. The normalized spacial score (nSPS) is 18.6. The molecule has 0 saturated carbocycles. The van der Waals surface area contributed by atoms with E-state index in [1.54, 1.807) is 78.0 Å². The molecule has 2 aliphatic heterocycles. The third kappa shape index (κ3) is 2.43. The Bertz CT molecular complexity index is 1630. The lowest BCUT2D eigenvalue weighted by Crippen LogP contribution is -2.48. The maximum Gasteiger partial charge on any atom is 0.345 e. The molecule has 1 spiro atoms. The van der Waals surface area contributed by atoms with Crippen molar-refractivity contribution in [3.63, 3.8) is 0 Å². The van der Waals surface area contributed by atoms with Gasteiger partial charge in [-0.25, -0.2) is 4.79 Å². The van der Waals surface area contributed by atoms with E-state index >= 15 is 0 Å². The number of nitriles is 1. The number of anilines is 1. The molecule has 2 N–H and O–H groups in total. The first-order valence-corrected chi connectivity index (χ1v) is 10.5. The summed E-state index contributed by atoms with van der Waals surface area (Å²) in [5, 5.41) is 10.6. The van der Waals surface area contributed by atoms with Crippen molar-refractivity contribution >= 4 is 22.6 Å². The Hall–Kier alpha value is -4.90. The van der Waals surface area contributed by atoms with Gasteiger partial charge in [0.15, 0.2) is 11.2 Å². The highest BCUT2D eigenvalue weighted by molar-refractivity contribution is 6.14. The Labute approximate surface area is 193 Å². The third-order valence-electron chi connectivity index (χ3n) is 6.34. The molecule has 8 nitrogen and oxygen atoms in total. The van der Waals surface area contributed by atoms with Crippen LogP contribution < -0.4 is 21.0 Å². The van der Waals surface area contributed by atoms with Gasteiger partial charge in [-0.3, -0.25) is 9.78 Å². The van der Waals surface area contributed by atoms with Crippen LogP contribution in [-0.4, -0.2) is 10.9 Å². The minimum atomic E-state index is -1.79. The van der Waals surface area contributed by atoms with Crippen molar-refractivity contribution in [3.05, 3.63) is 112 Å². The molecule has 0 radical (unpaired) electrons. The van der Waals surface area contributed by atoms with Gasteiger partial charge in [-0.05, 0) is 35.9 Å². The number of carbonyl (C=O) groups is 1. The fourth-order valence-electron chi connectivity index (χ4n) is 4.92. The molecule has 164 valence electrons. The number of hydrogen-bond donors (Lipinski definition) is 1. The summed E-state index contributed by atoms with van der Waals surface area (Å²) in [7, 11) is 0. The van der Waals surface area contributed by atoms with Gasteiger partial charge in [0, 0.05) is 23.6 Å². The molecular weight excluding hydrogens is 432 g/mol. The highest BCUT2D eigenvalue weighted by atomic mass is 16.5. The van der Waals surface area contributed by atoms with Gasteiger partial charge < -0.3 is 19.8 Å². The number of nitrogens with two attached hydrogens (primary N) is 1. The van der Waals surface area contributed by atoms with E-state index in [4.69, 9.17) is 14.9 Å². The van der Waals surface area contributed by atoms with Crippen molar-refractivity contribution in [3.8, 4) is 11.8 Å². The second kappa shape index (κ2) is 7.05. The van der Waals surface area contributed by atoms with Crippen LogP contribution in [0.2, 0.25) is 0 Å². The zero-order valence-electron chi connectivity index (χ0n) is 17.7. The van der Waals surface area contributed by atoms with Crippen LogP contribution in [-0.2, 0) is 16.8 Å². The quantitative estimate of drug-likeness (QED) is 0.468. The minimum Gasteiger partial charge on any atom is -0.439 e. The number of pyridine rings is 1. The topological polar surface area (TPSA) is 122 Å². The first-order valence-electron chi connectivity index (χ1n) is 10.5. The van der Waals surface area contributed by atoms with E-state index in [2.05, 4.69) is 4.98 Å². The summed E-state index contributed by atoms with van der Waals surface area (Å²) in [5.41, 5.74) is 5.67. The molecule has 1 amide bonds. The van der Waals surface area contributed by atoms with Crippen LogP contribution in [0.1, 0.15) is 16.7 Å². The van der Waals surface area contributed by atoms with Gasteiger partial charge in [0.25, 0.3) is 0 Å². The van der Waals surface area contributed by atoms with E-state index in [-0.39, 0.29) is 29.3 Å². The molecule has 0 saturated heterocycles. The number of aromatic nitrogens is 1. The van der Waals surface area contributed by atoms with Gasteiger partial charge >= 0.3 is 5.63 Å². The molecule has 2 aromatic carbocycles. The summed E-state index contributed by atoms with van der Waals surface area (Å²) in [4.78, 5) is 33.4. The summed E-state index contributed by atoms with van der Waals surface area (Å²) >= 11 is 0. The van der Waals surface area contributed by atoms with Gasteiger partial charge in [-0.15, -0.1) is 0 Å². The predicted octanol–water partition coefficient (Wildman–Crippen LogP) is 3.11. The van der Waals surface area contributed by atoms with E-state index in [1.807, 2.05) is 6.07 Å². The van der Waals surface area contributed by atoms with E-state index in [0.29, 0.717) is 22.2 Å². The van der Waals surface area contributed by atoms with Crippen LogP contribution >= 0.6 is 0 Å². The van der Waals surface area contributed by atoms with E-state index in [1.165, 1.54) is 0 Å². The van der Waals surface area contributed by atoms with Crippen LogP contribution in [0, 0.1) is 11.3 Å². The number of fused-ring (bicyclic) bond motifs is 6. The number of nitrogens with zero attached hydrogens (tertiary/aromatic N) is 3. The van der Waals surface area contributed by atoms with Crippen molar-refractivity contribution in [2.24, 2.45) is 5.73 Å². The van der Waals surface area contributed by atoms with Crippen LogP contribution in [0.15, 0.2) is 93.7 Å². The SMILES string of the molecule is N#CC1=C(N)Oc2c(c(=O)oc3ccccc23)C12C(=O)N(Cc1ccncc1)c1ccccc12. The maximum atomic E-state index is 14.3. The Morgan fingerprint density at radius 2 is 1.76 bits per heavy atom. The highest BCUT2D eigenvalue weighted by Gasteiger charge is 2.61. The second-order valence-electron chi connectivity index (χ2n) is 8.06. The number of hydrogen-bond acceptors (Lipinski definition) is 7. The number of amides is 1. The van der Waals surface area contributed by atoms with Crippen molar-refractivity contribution in [2.75, 3.05) is 4.90 Å². The van der Waals surface area contributed by atoms with E-state index in [9.17, 15) is 14.9 Å². The van der Waals surface area contributed by atoms with Gasteiger partial charge in [-0.2, -0.15) is 5.26 Å². The second-order valence-corrected chi connectivity index (χ2v) is 8.06. The Morgan fingerprint density at radius 1 is 1.03 bits per heavy atom. The summed E-state index contributed by atoms with van der Waals surface area (Å²) in [6.07, 6.45) is 3.28. The average molecular weight is 448 g/mol. The molecule has 4 aromatic rings. The number of carbonyl (C=O) groups excluding carboxylic acids is 1. The zero-order chi connectivity index (χ0) is 23.4. The molecular formula is C26H16N4O4. The fourth-order valence-corrected chi connectivity index (χ4v) is 4.92. The lowest BCUT2D eigenvalue weighted by Gasteiger charge is -2.33. The Kier molecular flexibility index (Phi) is 4.10. The molecule has 1 atom stereocenters. The molecule has 2 aliphatic rings. The lowest BCUT2D eigenvalue weighted by molar-refractivity contribution is -0.121. The van der Waals surface area contributed by atoms with E-state index in [0.717, 1.165) is 5.56 Å². The van der Waals surface area contributed by atoms with Crippen molar-refractivity contribution in [1.29, 1.82) is 5.26 Å². The van der Waals surface area contributed by atoms with Gasteiger partial charge in [0.05, 0.1) is 11.9 Å². The molecule has 6 rings (SSSR count). The highest BCUT2D eigenvalue weighted by Crippen LogP contribution is 2.55. The standard InChI is InChI=1S/C26H16N4O4/c27-13-18-23(28)34-22-16-5-1-4-8-20(16)33-24(31)21(22)26(18)17-6-2-3-7-19(17)30(25(26)32)14-15-9-11-29-12-10-15/h1-12H,14,28H2. The number of rotatable bonds is 2. The van der Waals surface area contributed by atoms with Crippen molar-refractivity contribution in [2.45, 2.75) is 12.0 Å². The smallest absolute Gasteiger partial charge is 0.345 e. The molecule has 0 bridgehead atoms. The predicted molar refractivity (Wildman–Crippen MR) is 123 cm³/mol. The van der Waals surface area contributed by atoms with Crippen LogP contribution in [0.3, 0.4) is 0 Å². The van der Waals surface area contributed by atoms with Gasteiger partial charge in [0.2, 0.25) is 11.8 Å². The van der Waals surface area contributed by atoms with Crippen molar-refractivity contribution < 1.29 is 13.9 Å². The van der Waals surface area contributed by atoms with E-state index < -0.39 is 16.9 Å². The summed E-state index contributed by atoms with van der Waals surface area (Å²) < 4.78 is 11.4. The first kappa shape index (κ1) is 19.8. The van der Waals surface area contributed by atoms with Crippen LogP contribution in [0.4, 0.5) is 5.69 Å². The minimum absolute atomic E-state index is 0.0494. The van der Waals surface area contributed by atoms with Crippen molar-refractivity contribution in [1.82, 2.24) is 4.98 Å². The largest absolute Gasteiger partial charge is 0.439 e. The zero-order valence-corrected chi connectivity index (χ0v) is 17.7. The summed E-state index contributed by atoms with van der Waals surface area (Å²) in [5.74, 6) is -0.575. The number of ether oxygens (including phenoxy) is 1. The molecule has 4 heterocycles. The fraction of sp³-hybridized carbons (Fsp3) is 0.0769. The summed E-state index contributed by atoms with van der Waals surface area (Å²) in [6.45, 7) is 0.216. The average Bonchev–Trinajstić information content (AvgIpc) is 3.08. The van der Waals surface area contributed by atoms with Gasteiger partial charge in [-0.1, -0.05) is 30.3 Å². The lowest BCUT2D eigenvalue weighted by atomic mass is 9.69. The first-order chi connectivity index (χ1) is 16.6. The van der Waals surface area contributed by atoms with Gasteiger partial charge in [0.1, 0.15) is 22.8 Å². The van der Waals surface area contributed by atoms with Crippen LogP contribution in [0.25, 0.3) is 11.0 Å². The third-order valence-corrected chi connectivity index (χ3v) is 6.34. The molecule has 0 fully saturated rings. The molecule has 0 aliphatic carbocycles. The molecule has 1 unspecified atom stereocenters. The maximum absolute atomic E-state index is 14.3. The monoisotopic (exact) mass is 448 g/mol.